The fraction of sp³-hybridized carbons (Fsp3) is 0.667. The van der Waals surface area contributed by atoms with Gasteiger partial charge in [0.1, 0.15) is 48.8 Å². The van der Waals surface area contributed by atoms with Crippen LogP contribution in [-0.4, -0.2) is 121 Å². The molecule has 0 aromatic heterocycles. The predicted molar refractivity (Wildman–Crippen MR) is 124 cm³/mol. The molecule has 0 saturated carbocycles. The van der Waals surface area contributed by atoms with E-state index < -0.39 is 74.6 Å². The smallest absolute Gasteiger partial charge is 0.187 e. The molecular weight excluding hydrogens is 464 g/mol. The van der Waals surface area contributed by atoms with Gasteiger partial charge in [-0.2, -0.15) is 0 Å². The summed E-state index contributed by atoms with van der Waals surface area (Å²) in [5.74, 6) is 0. The second-order valence-corrected chi connectivity index (χ2v) is 7.91. The van der Waals surface area contributed by atoms with Crippen LogP contribution in [0.3, 0.4) is 0 Å². The molecule has 1 unspecified atom stereocenters. The fourth-order valence-corrected chi connectivity index (χ4v) is 3.96. The number of ether oxygens (including phenoxy) is 7. The lowest BCUT2D eigenvalue weighted by Gasteiger charge is -2.48. The zero-order valence-corrected chi connectivity index (χ0v) is 19.8. The van der Waals surface area contributed by atoms with Gasteiger partial charge >= 0.3 is 0 Å². The molecule has 2 aliphatic rings. The SMILES string of the molecule is C=CCO[C@H]1[C@H](O[C@H]2[C@H](OCC=C)[C@@H](OCC=C)C(O)O[C@@H]2CO)O[C@H](CO)[C@H](O)[C@@H]1OCC=C. The van der Waals surface area contributed by atoms with Crippen molar-refractivity contribution < 1.29 is 53.6 Å². The molecule has 11 nitrogen and oxygen atoms in total. The molecule has 0 spiro atoms. The van der Waals surface area contributed by atoms with Crippen molar-refractivity contribution in [2.24, 2.45) is 0 Å². The topological polar surface area (TPSA) is 146 Å². The molecule has 0 bridgehead atoms. The van der Waals surface area contributed by atoms with Crippen molar-refractivity contribution in [3.63, 3.8) is 0 Å². The van der Waals surface area contributed by atoms with E-state index in [4.69, 9.17) is 33.2 Å². The van der Waals surface area contributed by atoms with Crippen LogP contribution < -0.4 is 0 Å². The highest BCUT2D eigenvalue weighted by molar-refractivity contribution is 4.97. The van der Waals surface area contributed by atoms with Crippen LogP contribution in [0, 0.1) is 0 Å². The third-order valence-corrected chi connectivity index (χ3v) is 5.51. The van der Waals surface area contributed by atoms with E-state index in [1.807, 2.05) is 0 Å². The van der Waals surface area contributed by atoms with Crippen LogP contribution in [0.25, 0.3) is 0 Å². The molecule has 2 fully saturated rings. The lowest BCUT2D eigenvalue weighted by atomic mass is 9.96. The van der Waals surface area contributed by atoms with Crippen molar-refractivity contribution >= 4 is 0 Å². The Labute approximate surface area is 205 Å². The lowest BCUT2D eigenvalue weighted by molar-refractivity contribution is -0.365. The summed E-state index contributed by atoms with van der Waals surface area (Å²) in [5, 5.41) is 41.0. The summed E-state index contributed by atoms with van der Waals surface area (Å²) in [7, 11) is 0. The third kappa shape index (κ3) is 7.75. The summed E-state index contributed by atoms with van der Waals surface area (Å²) in [6, 6.07) is 0. The van der Waals surface area contributed by atoms with Crippen molar-refractivity contribution in [3.8, 4) is 0 Å². The summed E-state index contributed by atoms with van der Waals surface area (Å²) in [5.41, 5.74) is 0. The summed E-state index contributed by atoms with van der Waals surface area (Å²) in [4.78, 5) is 0. The number of aliphatic hydroxyl groups is 4. The normalized spacial score (nSPS) is 37.5. The molecule has 2 saturated heterocycles. The standard InChI is InChI=1S/C24H38O11/c1-5-9-29-19-17(27)15(13-25)34-24(22(19)32-12-8-4)35-18-16(14-26)33-23(28)21(31-11-7-3)20(18)30-10-6-2/h5-8,15-28H,1-4,9-14H2/t15-,16-,17+,18-,19+,20+,21-,22-,23?,24+/m1/s1. The Morgan fingerprint density at radius 1 is 0.600 bits per heavy atom. The van der Waals surface area contributed by atoms with E-state index in [-0.39, 0.29) is 26.4 Å². The van der Waals surface area contributed by atoms with Gasteiger partial charge in [-0.3, -0.25) is 0 Å². The maximum Gasteiger partial charge on any atom is 0.187 e. The Hall–Kier alpha value is -1.48. The minimum absolute atomic E-state index is 0.0864. The Bertz CT molecular complexity index is 659. The fourth-order valence-electron chi connectivity index (χ4n) is 3.96. The van der Waals surface area contributed by atoms with Gasteiger partial charge in [-0.05, 0) is 0 Å². The molecule has 35 heavy (non-hydrogen) atoms. The Morgan fingerprint density at radius 2 is 1.09 bits per heavy atom. The van der Waals surface area contributed by atoms with Gasteiger partial charge in [-0.25, -0.2) is 0 Å². The van der Waals surface area contributed by atoms with Gasteiger partial charge in [0, 0.05) is 0 Å². The first kappa shape index (κ1) is 29.7. The van der Waals surface area contributed by atoms with Crippen LogP contribution in [-0.2, 0) is 33.2 Å². The first-order valence-corrected chi connectivity index (χ1v) is 11.4. The summed E-state index contributed by atoms with van der Waals surface area (Å²) in [6.07, 6.45) is -4.75. The average molecular weight is 503 g/mol. The van der Waals surface area contributed by atoms with E-state index in [0.29, 0.717) is 0 Å². The zero-order valence-electron chi connectivity index (χ0n) is 19.8. The maximum atomic E-state index is 10.7. The molecule has 2 rings (SSSR count). The minimum Gasteiger partial charge on any atom is -0.394 e. The highest BCUT2D eigenvalue weighted by atomic mass is 16.7. The molecule has 0 aliphatic carbocycles. The molecule has 10 atom stereocenters. The second kappa shape index (κ2) is 15.6. The van der Waals surface area contributed by atoms with Crippen LogP contribution in [0.1, 0.15) is 0 Å². The van der Waals surface area contributed by atoms with E-state index in [1.54, 1.807) is 0 Å². The zero-order chi connectivity index (χ0) is 25.8. The van der Waals surface area contributed by atoms with Gasteiger partial charge in [0.2, 0.25) is 0 Å². The van der Waals surface area contributed by atoms with Crippen LogP contribution in [0.2, 0.25) is 0 Å². The van der Waals surface area contributed by atoms with E-state index in [1.165, 1.54) is 24.3 Å². The monoisotopic (exact) mass is 502 g/mol. The van der Waals surface area contributed by atoms with Gasteiger partial charge in [-0.15, -0.1) is 26.3 Å². The van der Waals surface area contributed by atoms with Crippen LogP contribution in [0.5, 0.6) is 0 Å². The highest BCUT2D eigenvalue weighted by Crippen LogP contribution is 2.33. The average Bonchev–Trinajstić information content (AvgIpc) is 2.86. The number of hydrogen-bond donors (Lipinski definition) is 4. The maximum absolute atomic E-state index is 10.7. The first-order chi connectivity index (χ1) is 17.0. The Morgan fingerprint density at radius 3 is 1.60 bits per heavy atom. The summed E-state index contributed by atoms with van der Waals surface area (Å²) >= 11 is 0. The number of aliphatic hydroxyl groups excluding tert-OH is 4. The molecule has 11 heteroatoms. The Balaban J connectivity index is 2.39. The summed E-state index contributed by atoms with van der Waals surface area (Å²) in [6.45, 7) is 13.8. The van der Waals surface area contributed by atoms with Crippen molar-refractivity contribution in [3.05, 3.63) is 50.6 Å². The van der Waals surface area contributed by atoms with Crippen molar-refractivity contribution in [2.45, 2.75) is 61.4 Å². The molecule has 0 radical (unpaired) electrons. The van der Waals surface area contributed by atoms with Crippen molar-refractivity contribution in [2.75, 3.05) is 39.6 Å². The van der Waals surface area contributed by atoms with Crippen LogP contribution >= 0.6 is 0 Å². The van der Waals surface area contributed by atoms with Gasteiger partial charge in [-0.1, -0.05) is 24.3 Å². The molecule has 0 aromatic carbocycles. The lowest BCUT2D eigenvalue weighted by Crippen LogP contribution is -2.66. The van der Waals surface area contributed by atoms with Gasteiger partial charge in [0.25, 0.3) is 0 Å². The van der Waals surface area contributed by atoms with Gasteiger partial charge < -0.3 is 53.6 Å². The number of hydrogen-bond acceptors (Lipinski definition) is 11. The largest absolute Gasteiger partial charge is 0.394 e. The molecule has 200 valence electrons. The van der Waals surface area contributed by atoms with E-state index >= 15 is 0 Å². The first-order valence-electron chi connectivity index (χ1n) is 11.4. The third-order valence-electron chi connectivity index (χ3n) is 5.51. The number of rotatable bonds is 16. The second-order valence-electron chi connectivity index (χ2n) is 7.91. The highest BCUT2D eigenvalue weighted by Gasteiger charge is 2.53. The van der Waals surface area contributed by atoms with Crippen molar-refractivity contribution in [1.29, 1.82) is 0 Å². The van der Waals surface area contributed by atoms with Gasteiger partial charge in [0.05, 0.1) is 39.6 Å². The van der Waals surface area contributed by atoms with E-state index in [9.17, 15) is 20.4 Å². The van der Waals surface area contributed by atoms with E-state index in [0.717, 1.165) is 0 Å². The van der Waals surface area contributed by atoms with E-state index in [2.05, 4.69) is 26.3 Å². The van der Waals surface area contributed by atoms with Crippen LogP contribution in [0.4, 0.5) is 0 Å². The molecule has 2 heterocycles. The summed E-state index contributed by atoms with van der Waals surface area (Å²) < 4.78 is 40.7. The molecule has 0 aromatic rings. The quantitative estimate of drug-likeness (QED) is 0.202. The van der Waals surface area contributed by atoms with Crippen molar-refractivity contribution in [1.82, 2.24) is 0 Å². The van der Waals surface area contributed by atoms with Gasteiger partial charge in [0.15, 0.2) is 12.6 Å². The minimum atomic E-state index is -1.42. The Kier molecular flexibility index (Phi) is 13.3. The molecular formula is C24H38O11. The molecule has 0 amide bonds. The van der Waals surface area contributed by atoms with Crippen LogP contribution in [0.15, 0.2) is 50.6 Å². The molecule has 2 aliphatic heterocycles. The predicted octanol–water partition coefficient (Wildman–Crippen LogP) is -0.556. The molecule has 4 N–H and O–H groups in total.